The van der Waals surface area contributed by atoms with Crippen LogP contribution >= 0.6 is 0 Å². The molecule has 0 saturated heterocycles. The van der Waals surface area contributed by atoms with Crippen molar-refractivity contribution >= 4 is 11.9 Å². The number of ether oxygens (including phenoxy) is 2. The largest absolute Gasteiger partial charge is 0.463 e. The van der Waals surface area contributed by atoms with Gasteiger partial charge in [-0.3, -0.25) is 0 Å². The second kappa shape index (κ2) is 6.11. The van der Waals surface area contributed by atoms with E-state index in [1.807, 2.05) is 13.8 Å². The van der Waals surface area contributed by atoms with E-state index in [4.69, 9.17) is 4.74 Å². The molecule has 0 fully saturated rings. The zero-order valence-corrected chi connectivity index (χ0v) is 12.1. The number of anilines is 1. The molecule has 2 heterocycles. The third-order valence-corrected chi connectivity index (χ3v) is 2.23. The molecule has 0 aromatic carbocycles. The third kappa shape index (κ3) is 3.41. The van der Waals surface area contributed by atoms with Crippen molar-refractivity contribution in [3.05, 3.63) is 12.2 Å². The first-order chi connectivity index (χ1) is 10.0. The number of hydrogen-bond acceptors (Lipinski definition) is 9. The fourth-order valence-corrected chi connectivity index (χ4v) is 1.37. The van der Waals surface area contributed by atoms with Crippen molar-refractivity contribution in [1.82, 2.24) is 29.7 Å². The average molecular weight is 293 g/mol. The summed E-state index contributed by atoms with van der Waals surface area (Å²) in [6, 6.07) is 0.148. The summed E-state index contributed by atoms with van der Waals surface area (Å²) in [5, 5.41) is 6.74. The van der Waals surface area contributed by atoms with Crippen LogP contribution in [0.4, 0.5) is 5.95 Å². The number of carbonyl (C=O) groups excluding carboxylic acids is 1. The number of methoxy groups -OCH3 is 1. The molecule has 10 heteroatoms. The summed E-state index contributed by atoms with van der Waals surface area (Å²) in [6.45, 7) is 3.71. The highest BCUT2D eigenvalue weighted by atomic mass is 16.5. The minimum absolute atomic E-state index is 0.0877. The lowest BCUT2D eigenvalue weighted by Crippen LogP contribution is -2.13. The molecule has 1 N–H and O–H groups in total. The van der Waals surface area contributed by atoms with E-state index < -0.39 is 5.97 Å². The van der Waals surface area contributed by atoms with Crippen molar-refractivity contribution in [3.8, 4) is 12.0 Å². The maximum Gasteiger partial charge on any atom is 0.377 e. The summed E-state index contributed by atoms with van der Waals surface area (Å²) in [5.74, 6) is -0.246. The molecule has 0 radical (unpaired) electrons. The van der Waals surface area contributed by atoms with Gasteiger partial charge in [-0.1, -0.05) is 0 Å². The van der Waals surface area contributed by atoms with Crippen molar-refractivity contribution in [2.75, 3.05) is 19.5 Å². The monoisotopic (exact) mass is 293 g/mol. The van der Waals surface area contributed by atoms with Crippen LogP contribution in [0.5, 0.6) is 6.01 Å². The van der Waals surface area contributed by atoms with E-state index in [0.717, 1.165) is 0 Å². The van der Waals surface area contributed by atoms with Crippen molar-refractivity contribution in [2.45, 2.75) is 20.0 Å². The number of aromatic nitrogens is 6. The lowest BCUT2D eigenvalue weighted by molar-refractivity contribution is 0.0587. The molecule has 0 atom stereocenters. The highest BCUT2D eigenvalue weighted by molar-refractivity contribution is 5.84. The predicted molar refractivity (Wildman–Crippen MR) is 71.4 cm³/mol. The second-order valence-corrected chi connectivity index (χ2v) is 4.16. The molecule has 112 valence electrons. The van der Waals surface area contributed by atoms with Crippen LogP contribution < -0.4 is 10.1 Å². The lowest BCUT2D eigenvalue weighted by atomic mass is 10.5. The number of carbonyl (C=O) groups is 1. The van der Waals surface area contributed by atoms with Crippen molar-refractivity contribution < 1.29 is 14.3 Å². The van der Waals surface area contributed by atoms with Gasteiger partial charge in [-0.25, -0.2) is 9.78 Å². The Morgan fingerprint density at radius 3 is 2.71 bits per heavy atom. The summed E-state index contributed by atoms with van der Waals surface area (Å²) in [4.78, 5) is 27.5. The van der Waals surface area contributed by atoms with Crippen LogP contribution in [0.15, 0.2) is 6.33 Å². The van der Waals surface area contributed by atoms with Crippen LogP contribution in [0.3, 0.4) is 0 Å². The van der Waals surface area contributed by atoms with E-state index >= 15 is 0 Å². The van der Waals surface area contributed by atoms with Gasteiger partial charge in [0.25, 0.3) is 11.8 Å². The molecule has 21 heavy (non-hydrogen) atoms. The number of rotatable bonds is 5. The SMILES string of the molecule is CNc1nc(OC(C)C)nc(-n2cnc(C(=O)OC)n2)n1. The van der Waals surface area contributed by atoms with Crippen LogP contribution in [0.1, 0.15) is 24.5 Å². The highest BCUT2D eigenvalue weighted by Crippen LogP contribution is 2.11. The Morgan fingerprint density at radius 1 is 1.33 bits per heavy atom. The zero-order chi connectivity index (χ0) is 15.4. The molecular weight excluding hydrogens is 278 g/mol. The number of nitrogens with one attached hydrogen (secondary N) is 1. The number of nitrogens with zero attached hydrogens (tertiary/aromatic N) is 6. The molecule has 10 nitrogen and oxygen atoms in total. The van der Waals surface area contributed by atoms with Crippen LogP contribution in [0.2, 0.25) is 0 Å². The first-order valence-electron chi connectivity index (χ1n) is 6.14. The summed E-state index contributed by atoms with van der Waals surface area (Å²) in [6.07, 6.45) is 1.21. The van der Waals surface area contributed by atoms with E-state index in [-0.39, 0.29) is 23.9 Å². The van der Waals surface area contributed by atoms with Gasteiger partial charge in [-0.05, 0) is 13.8 Å². The summed E-state index contributed by atoms with van der Waals surface area (Å²) in [7, 11) is 2.92. The highest BCUT2D eigenvalue weighted by Gasteiger charge is 2.15. The molecule has 0 bridgehead atoms. The molecule has 0 saturated carbocycles. The molecule has 2 rings (SSSR count). The van der Waals surface area contributed by atoms with Gasteiger partial charge in [0.05, 0.1) is 13.2 Å². The smallest absolute Gasteiger partial charge is 0.377 e. The Hall–Kier alpha value is -2.78. The van der Waals surface area contributed by atoms with Crippen LogP contribution in [-0.4, -0.2) is 55.9 Å². The van der Waals surface area contributed by atoms with Gasteiger partial charge >= 0.3 is 12.0 Å². The maximum absolute atomic E-state index is 11.3. The van der Waals surface area contributed by atoms with Gasteiger partial charge in [-0.2, -0.15) is 19.6 Å². The molecule has 0 aliphatic carbocycles. The molecule has 2 aromatic heterocycles. The molecule has 0 aliphatic rings. The fourth-order valence-electron chi connectivity index (χ4n) is 1.37. The minimum Gasteiger partial charge on any atom is -0.463 e. The van der Waals surface area contributed by atoms with Gasteiger partial charge in [-0.15, -0.1) is 5.10 Å². The Morgan fingerprint density at radius 2 is 2.10 bits per heavy atom. The number of esters is 1. The molecular formula is C11H15N7O3. The topological polar surface area (TPSA) is 117 Å². The van der Waals surface area contributed by atoms with Crippen LogP contribution in [-0.2, 0) is 4.74 Å². The fraction of sp³-hybridized carbons (Fsp3) is 0.455. The maximum atomic E-state index is 11.3. The van der Waals surface area contributed by atoms with Gasteiger partial charge < -0.3 is 14.8 Å². The van der Waals surface area contributed by atoms with Crippen LogP contribution in [0, 0.1) is 0 Å². The van der Waals surface area contributed by atoms with Crippen molar-refractivity contribution in [1.29, 1.82) is 0 Å². The Bertz CT molecular complexity index is 640. The Labute approximate surface area is 120 Å². The quantitative estimate of drug-likeness (QED) is 0.764. The standard InChI is InChI=1S/C11H15N7O3/c1-6(2)21-11-15-9(12-3)14-10(16-11)18-5-13-7(17-18)8(19)20-4/h5-6H,1-4H3,(H,12,14,15,16). The van der Waals surface area contributed by atoms with Crippen LogP contribution in [0.25, 0.3) is 5.95 Å². The van der Waals surface area contributed by atoms with E-state index in [0.29, 0.717) is 5.95 Å². The first kappa shape index (κ1) is 14.6. The lowest BCUT2D eigenvalue weighted by Gasteiger charge is -2.09. The van der Waals surface area contributed by atoms with Gasteiger partial charge in [0.1, 0.15) is 6.33 Å². The first-order valence-corrected chi connectivity index (χ1v) is 6.14. The van der Waals surface area contributed by atoms with E-state index in [9.17, 15) is 4.79 Å². The molecule has 2 aromatic rings. The van der Waals surface area contributed by atoms with E-state index in [1.165, 1.54) is 18.1 Å². The van der Waals surface area contributed by atoms with E-state index in [1.54, 1.807) is 7.05 Å². The van der Waals surface area contributed by atoms with E-state index in [2.05, 4.69) is 35.1 Å². The summed E-state index contributed by atoms with van der Waals surface area (Å²) >= 11 is 0. The zero-order valence-electron chi connectivity index (χ0n) is 12.1. The van der Waals surface area contributed by atoms with Crippen molar-refractivity contribution in [2.24, 2.45) is 0 Å². The van der Waals surface area contributed by atoms with Gasteiger partial charge in [0.15, 0.2) is 0 Å². The summed E-state index contributed by atoms with van der Waals surface area (Å²) < 4.78 is 11.2. The van der Waals surface area contributed by atoms with Gasteiger partial charge in [0.2, 0.25) is 5.95 Å². The minimum atomic E-state index is -0.643. The Balaban J connectivity index is 2.38. The van der Waals surface area contributed by atoms with Crippen molar-refractivity contribution in [3.63, 3.8) is 0 Å². The molecule has 0 aliphatic heterocycles. The Kier molecular flexibility index (Phi) is 4.26. The molecule has 0 spiro atoms. The summed E-state index contributed by atoms with van der Waals surface area (Å²) in [5.41, 5.74) is 0. The average Bonchev–Trinajstić information content (AvgIpc) is 2.95. The number of hydrogen-bond donors (Lipinski definition) is 1. The normalized spacial score (nSPS) is 10.5. The predicted octanol–water partition coefficient (Wildman–Crippen LogP) is 0.0678. The molecule has 0 amide bonds. The molecule has 0 unspecified atom stereocenters. The second-order valence-electron chi connectivity index (χ2n) is 4.16. The van der Waals surface area contributed by atoms with Gasteiger partial charge in [0, 0.05) is 7.05 Å². The third-order valence-electron chi connectivity index (χ3n) is 2.23.